The van der Waals surface area contributed by atoms with Crippen molar-refractivity contribution in [2.45, 2.75) is 0 Å². The second kappa shape index (κ2) is 8.25. The molecule has 0 spiro atoms. The minimum Gasteiger partial charge on any atom is -0.207 e. The van der Waals surface area contributed by atoms with Crippen molar-refractivity contribution in [1.82, 2.24) is 0 Å². The molecule has 0 bridgehead atoms. The Bertz CT molecular complexity index is 1690. The first-order valence-electron chi connectivity index (χ1n) is 10.0. The molecule has 0 unspecified atom stereocenters. The van der Waals surface area contributed by atoms with Crippen molar-refractivity contribution < 1.29 is 43.9 Å². The molecule has 0 heterocycles. The molecular formula is C26H8F10. The quantitative estimate of drug-likeness (QED) is 0.0965. The summed E-state index contributed by atoms with van der Waals surface area (Å²) in [4.78, 5) is 0. The maximum absolute atomic E-state index is 14.9. The summed E-state index contributed by atoms with van der Waals surface area (Å²) < 4.78 is 143. The number of rotatable bonds is 2. The number of benzene rings is 5. The average Bonchev–Trinajstić information content (AvgIpc) is 2.82. The van der Waals surface area contributed by atoms with Crippen LogP contribution in [0.4, 0.5) is 43.9 Å². The monoisotopic (exact) mass is 510 g/mol. The van der Waals surface area contributed by atoms with Crippen molar-refractivity contribution in [3.8, 4) is 22.3 Å². The SMILES string of the molecule is Fc1ccc2c(-c3c(F)c(F)cc(F)c3F)c3cc(F)c(F)cc3c(-c3cc(F)c(F)c(F)c3)c2c1. The Morgan fingerprint density at radius 3 is 1.36 bits per heavy atom. The topological polar surface area (TPSA) is 0 Å². The van der Waals surface area contributed by atoms with Crippen LogP contribution in [0, 0.1) is 58.2 Å². The van der Waals surface area contributed by atoms with Crippen LogP contribution in [0.2, 0.25) is 0 Å². The summed E-state index contributed by atoms with van der Waals surface area (Å²) in [5.41, 5.74) is -2.81. The molecule has 5 aromatic carbocycles. The lowest BCUT2D eigenvalue weighted by Crippen LogP contribution is -2.02. The van der Waals surface area contributed by atoms with E-state index < -0.39 is 85.6 Å². The maximum Gasteiger partial charge on any atom is 0.194 e. The van der Waals surface area contributed by atoms with Crippen LogP contribution in [0.25, 0.3) is 43.8 Å². The van der Waals surface area contributed by atoms with Crippen LogP contribution in [-0.4, -0.2) is 0 Å². The highest BCUT2D eigenvalue weighted by Crippen LogP contribution is 2.46. The van der Waals surface area contributed by atoms with Gasteiger partial charge in [-0.1, -0.05) is 6.07 Å². The van der Waals surface area contributed by atoms with Gasteiger partial charge in [-0.15, -0.1) is 0 Å². The van der Waals surface area contributed by atoms with E-state index in [0.29, 0.717) is 24.3 Å². The molecule has 5 rings (SSSR count). The molecule has 0 aliphatic heterocycles. The number of halogens is 10. The zero-order chi connectivity index (χ0) is 26.0. The van der Waals surface area contributed by atoms with Crippen LogP contribution < -0.4 is 0 Å². The molecule has 10 heteroatoms. The molecule has 0 radical (unpaired) electrons. The third-order valence-corrected chi connectivity index (χ3v) is 5.75. The van der Waals surface area contributed by atoms with E-state index in [1.807, 2.05) is 0 Å². The molecular weight excluding hydrogens is 502 g/mol. The Morgan fingerprint density at radius 2 is 0.806 bits per heavy atom. The summed E-state index contributed by atoms with van der Waals surface area (Å²) in [6, 6.07) is 4.39. The van der Waals surface area contributed by atoms with Gasteiger partial charge in [0.25, 0.3) is 0 Å². The van der Waals surface area contributed by atoms with E-state index in [1.165, 1.54) is 0 Å². The van der Waals surface area contributed by atoms with Gasteiger partial charge in [-0.2, -0.15) is 0 Å². The van der Waals surface area contributed by atoms with Crippen LogP contribution in [0.3, 0.4) is 0 Å². The molecule has 0 aliphatic carbocycles. The average molecular weight is 510 g/mol. The van der Waals surface area contributed by atoms with Gasteiger partial charge in [-0.3, -0.25) is 0 Å². The zero-order valence-electron chi connectivity index (χ0n) is 17.4. The minimum atomic E-state index is -1.88. The fourth-order valence-corrected chi connectivity index (χ4v) is 4.26. The molecule has 0 nitrogen and oxygen atoms in total. The molecule has 0 saturated heterocycles. The van der Waals surface area contributed by atoms with Gasteiger partial charge in [0, 0.05) is 11.6 Å². The van der Waals surface area contributed by atoms with Crippen LogP contribution in [0.15, 0.2) is 48.5 Å². The van der Waals surface area contributed by atoms with Gasteiger partial charge >= 0.3 is 0 Å². The lowest BCUT2D eigenvalue weighted by Gasteiger charge is -2.19. The van der Waals surface area contributed by atoms with Crippen LogP contribution in [0.5, 0.6) is 0 Å². The standard InChI is InChI=1S/C26H8F10/c27-10-1-2-11-12(5-10)21(9-3-17(30)24(34)18(31)4-9)13-6-15(28)16(29)7-14(13)22(11)23-25(35)19(32)8-20(33)26(23)36/h1-8H. The van der Waals surface area contributed by atoms with E-state index >= 15 is 0 Å². The fraction of sp³-hybridized carbons (Fsp3) is 0. The first-order valence-corrected chi connectivity index (χ1v) is 10.0. The lowest BCUT2D eigenvalue weighted by molar-refractivity contribution is 0.448. The van der Waals surface area contributed by atoms with Crippen molar-refractivity contribution >= 4 is 21.5 Å². The van der Waals surface area contributed by atoms with E-state index in [1.54, 1.807) is 0 Å². The normalized spacial score (nSPS) is 11.6. The maximum atomic E-state index is 14.9. The Morgan fingerprint density at radius 1 is 0.333 bits per heavy atom. The third-order valence-electron chi connectivity index (χ3n) is 5.75. The highest BCUT2D eigenvalue weighted by molar-refractivity contribution is 6.21. The smallest absolute Gasteiger partial charge is 0.194 e. The highest BCUT2D eigenvalue weighted by Gasteiger charge is 2.27. The molecule has 182 valence electrons. The molecule has 0 aromatic heterocycles. The Hall–Kier alpha value is -4.08. The molecule has 0 saturated carbocycles. The van der Waals surface area contributed by atoms with Crippen LogP contribution in [-0.2, 0) is 0 Å². The highest BCUT2D eigenvalue weighted by atomic mass is 19.2. The summed E-state index contributed by atoms with van der Waals surface area (Å²) in [6.45, 7) is 0. The molecule has 0 fully saturated rings. The number of hydrogen-bond donors (Lipinski definition) is 0. The summed E-state index contributed by atoms with van der Waals surface area (Å²) in [7, 11) is 0. The molecule has 0 aliphatic rings. The molecule has 0 atom stereocenters. The molecule has 0 N–H and O–H groups in total. The predicted octanol–water partition coefficient (Wildman–Crippen LogP) is 8.72. The van der Waals surface area contributed by atoms with Crippen molar-refractivity contribution in [1.29, 1.82) is 0 Å². The van der Waals surface area contributed by atoms with Crippen molar-refractivity contribution in [2.24, 2.45) is 0 Å². The van der Waals surface area contributed by atoms with Gasteiger partial charge in [-0.05, 0) is 69.1 Å². The van der Waals surface area contributed by atoms with Gasteiger partial charge in [0.1, 0.15) is 5.82 Å². The lowest BCUT2D eigenvalue weighted by atomic mass is 9.85. The first-order chi connectivity index (χ1) is 17.0. The summed E-state index contributed by atoms with van der Waals surface area (Å²) in [5.74, 6) is -16.6. The van der Waals surface area contributed by atoms with Crippen LogP contribution in [0.1, 0.15) is 0 Å². The van der Waals surface area contributed by atoms with Gasteiger partial charge in [0.05, 0.1) is 5.56 Å². The Kier molecular flexibility index (Phi) is 5.42. The van der Waals surface area contributed by atoms with Gasteiger partial charge in [-0.25, -0.2) is 43.9 Å². The number of fused-ring (bicyclic) bond motifs is 2. The molecule has 36 heavy (non-hydrogen) atoms. The van der Waals surface area contributed by atoms with Crippen LogP contribution >= 0.6 is 0 Å². The van der Waals surface area contributed by atoms with E-state index in [9.17, 15) is 43.9 Å². The van der Waals surface area contributed by atoms with Crippen molar-refractivity contribution in [3.05, 3.63) is 107 Å². The minimum absolute atomic E-state index is 0.0586. The summed E-state index contributed by atoms with van der Waals surface area (Å²) >= 11 is 0. The van der Waals surface area contributed by atoms with Gasteiger partial charge in [0.15, 0.2) is 52.4 Å². The van der Waals surface area contributed by atoms with E-state index in [4.69, 9.17) is 0 Å². The van der Waals surface area contributed by atoms with Crippen molar-refractivity contribution in [2.75, 3.05) is 0 Å². The van der Waals surface area contributed by atoms with E-state index in [-0.39, 0.29) is 22.4 Å². The molecule has 0 amide bonds. The largest absolute Gasteiger partial charge is 0.207 e. The Labute approximate surface area is 195 Å². The zero-order valence-corrected chi connectivity index (χ0v) is 17.4. The molecule has 5 aromatic rings. The van der Waals surface area contributed by atoms with E-state index in [0.717, 1.165) is 18.2 Å². The first kappa shape index (κ1) is 23.7. The second-order valence-electron chi connectivity index (χ2n) is 7.85. The summed E-state index contributed by atoms with van der Waals surface area (Å²) in [6.07, 6.45) is 0. The number of hydrogen-bond acceptors (Lipinski definition) is 0. The van der Waals surface area contributed by atoms with Gasteiger partial charge < -0.3 is 0 Å². The Balaban J connectivity index is 2.10. The summed E-state index contributed by atoms with van der Waals surface area (Å²) in [5, 5.41) is -1.68. The fourth-order valence-electron chi connectivity index (χ4n) is 4.26. The third kappa shape index (κ3) is 3.47. The second-order valence-corrected chi connectivity index (χ2v) is 7.85. The predicted molar refractivity (Wildman–Crippen MR) is 112 cm³/mol. The van der Waals surface area contributed by atoms with Gasteiger partial charge in [0.2, 0.25) is 0 Å². The van der Waals surface area contributed by atoms with E-state index in [2.05, 4.69) is 0 Å². The van der Waals surface area contributed by atoms with Crippen molar-refractivity contribution in [3.63, 3.8) is 0 Å².